The number of hydrogen-bond donors (Lipinski definition) is 2. The molecule has 1 aromatic heterocycles. The van der Waals surface area contributed by atoms with Crippen molar-refractivity contribution < 1.29 is 14.6 Å². The average Bonchev–Trinajstić information content (AvgIpc) is 2.41. The molecule has 0 aliphatic heterocycles. The van der Waals surface area contributed by atoms with Crippen LogP contribution >= 0.6 is 0 Å². The van der Waals surface area contributed by atoms with Crippen LogP contribution in [0.15, 0.2) is 51.7 Å². The zero-order valence-corrected chi connectivity index (χ0v) is 10.8. The second-order valence-corrected chi connectivity index (χ2v) is 4.70. The number of aromatic hydroxyl groups is 2. The van der Waals surface area contributed by atoms with Crippen LogP contribution < -0.4 is 5.63 Å². The number of phenolic OH excluding ortho intramolecular Hbond substituents is 2. The van der Waals surface area contributed by atoms with Crippen LogP contribution in [-0.2, 0) is 0 Å². The number of hydrogen-bond acceptors (Lipinski definition) is 4. The summed E-state index contributed by atoms with van der Waals surface area (Å²) in [5.74, 6) is -0.178. The Morgan fingerprint density at radius 1 is 1.00 bits per heavy atom. The zero-order valence-electron chi connectivity index (χ0n) is 10.8. The molecule has 0 spiro atoms. The van der Waals surface area contributed by atoms with Gasteiger partial charge in [-0.3, -0.25) is 0 Å². The summed E-state index contributed by atoms with van der Waals surface area (Å²) < 4.78 is 5.28. The standard InChI is InChI=1S/C16H12O4/c1-9-3-2-4-10(5-9)15-7-11-6-13(17)14(18)8-12(11)16(19)20-15/h2-8,17-18H,1H3. The fourth-order valence-electron chi connectivity index (χ4n) is 2.16. The summed E-state index contributed by atoms with van der Waals surface area (Å²) in [6, 6.07) is 11.8. The van der Waals surface area contributed by atoms with Gasteiger partial charge in [-0.15, -0.1) is 0 Å². The second-order valence-electron chi connectivity index (χ2n) is 4.70. The predicted molar refractivity (Wildman–Crippen MR) is 76.0 cm³/mol. The summed E-state index contributed by atoms with van der Waals surface area (Å²) >= 11 is 0. The van der Waals surface area contributed by atoms with E-state index in [1.165, 1.54) is 12.1 Å². The van der Waals surface area contributed by atoms with Crippen molar-refractivity contribution in [2.45, 2.75) is 6.92 Å². The van der Waals surface area contributed by atoms with Gasteiger partial charge in [-0.05, 0) is 36.6 Å². The summed E-state index contributed by atoms with van der Waals surface area (Å²) in [5.41, 5.74) is 1.30. The third-order valence-electron chi connectivity index (χ3n) is 3.16. The molecule has 4 nitrogen and oxygen atoms in total. The Bertz CT molecular complexity index is 862. The molecule has 1 heterocycles. The second kappa shape index (κ2) is 4.42. The molecule has 0 unspecified atom stereocenters. The Kier molecular flexibility index (Phi) is 2.71. The first-order chi connectivity index (χ1) is 9.54. The molecule has 3 aromatic rings. The van der Waals surface area contributed by atoms with Crippen molar-refractivity contribution >= 4 is 10.8 Å². The maximum atomic E-state index is 12.0. The van der Waals surface area contributed by atoms with Crippen LogP contribution in [0.1, 0.15) is 5.56 Å². The predicted octanol–water partition coefficient (Wildman–Crippen LogP) is 3.18. The molecule has 20 heavy (non-hydrogen) atoms. The molecule has 0 bridgehead atoms. The molecule has 0 radical (unpaired) electrons. The molecule has 0 aliphatic carbocycles. The molecule has 4 heteroatoms. The van der Waals surface area contributed by atoms with Gasteiger partial charge in [-0.25, -0.2) is 4.79 Å². The van der Waals surface area contributed by atoms with E-state index in [2.05, 4.69) is 0 Å². The molecular formula is C16H12O4. The van der Waals surface area contributed by atoms with E-state index < -0.39 is 5.63 Å². The summed E-state index contributed by atoms with van der Waals surface area (Å²) in [4.78, 5) is 12.0. The van der Waals surface area contributed by atoms with Crippen LogP contribution in [-0.4, -0.2) is 10.2 Å². The fraction of sp³-hybridized carbons (Fsp3) is 0.0625. The van der Waals surface area contributed by atoms with E-state index in [1.54, 1.807) is 6.07 Å². The van der Waals surface area contributed by atoms with Gasteiger partial charge in [0.05, 0.1) is 5.39 Å². The number of phenols is 2. The van der Waals surface area contributed by atoms with Gasteiger partial charge in [-0.1, -0.05) is 23.8 Å². The van der Waals surface area contributed by atoms with Gasteiger partial charge in [0.1, 0.15) is 5.76 Å². The van der Waals surface area contributed by atoms with E-state index in [-0.39, 0.29) is 16.9 Å². The first-order valence-corrected chi connectivity index (χ1v) is 6.11. The van der Waals surface area contributed by atoms with Gasteiger partial charge in [0.2, 0.25) is 0 Å². The van der Waals surface area contributed by atoms with Crippen molar-refractivity contribution in [2.75, 3.05) is 0 Å². The smallest absolute Gasteiger partial charge is 0.344 e. The quantitative estimate of drug-likeness (QED) is 0.665. The normalized spacial score (nSPS) is 10.8. The summed E-state index contributed by atoms with van der Waals surface area (Å²) in [5, 5.41) is 19.7. The number of aryl methyl sites for hydroxylation is 1. The summed E-state index contributed by atoms with van der Waals surface area (Å²) in [6.07, 6.45) is 0. The van der Waals surface area contributed by atoms with E-state index in [9.17, 15) is 15.0 Å². The lowest BCUT2D eigenvalue weighted by Crippen LogP contribution is -2.00. The van der Waals surface area contributed by atoms with E-state index >= 15 is 0 Å². The van der Waals surface area contributed by atoms with E-state index in [4.69, 9.17) is 4.42 Å². The minimum atomic E-state index is -0.547. The van der Waals surface area contributed by atoms with Gasteiger partial charge >= 0.3 is 5.63 Å². The minimum absolute atomic E-state index is 0.233. The van der Waals surface area contributed by atoms with Crippen LogP contribution in [0.4, 0.5) is 0 Å². The first-order valence-electron chi connectivity index (χ1n) is 6.11. The Balaban J connectivity index is 2.29. The van der Waals surface area contributed by atoms with Crippen LogP contribution in [0.5, 0.6) is 11.5 Å². The topological polar surface area (TPSA) is 70.7 Å². The maximum absolute atomic E-state index is 12.0. The van der Waals surface area contributed by atoms with Crippen LogP contribution in [0.3, 0.4) is 0 Å². The highest BCUT2D eigenvalue weighted by Crippen LogP contribution is 2.31. The number of rotatable bonds is 1. The lowest BCUT2D eigenvalue weighted by atomic mass is 10.1. The molecule has 0 fully saturated rings. The molecule has 2 N–H and O–H groups in total. The molecule has 2 aromatic carbocycles. The molecule has 0 atom stereocenters. The molecule has 3 rings (SSSR count). The molecular weight excluding hydrogens is 256 g/mol. The monoisotopic (exact) mass is 268 g/mol. The highest BCUT2D eigenvalue weighted by Gasteiger charge is 2.10. The van der Waals surface area contributed by atoms with E-state index in [1.807, 2.05) is 31.2 Å². The third kappa shape index (κ3) is 2.01. The van der Waals surface area contributed by atoms with Crippen LogP contribution in [0.2, 0.25) is 0 Å². The van der Waals surface area contributed by atoms with Crippen molar-refractivity contribution in [2.24, 2.45) is 0 Å². The SMILES string of the molecule is Cc1cccc(-c2cc3cc(O)c(O)cc3c(=O)o2)c1. The first kappa shape index (κ1) is 12.3. The van der Waals surface area contributed by atoms with E-state index in [0.717, 1.165) is 11.1 Å². The summed E-state index contributed by atoms with van der Waals surface area (Å²) in [7, 11) is 0. The zero-order chi connectivity index (χ0) is 14.3. The summed E-state index contributed by atoms with van der Waals surface area (Å²) in [6.45, 7) is 1.95. The van der Waals surface area contributed by atoms with Crippen molar-refractivity contribution in [1.29, 1.82) is 0 Å². The van der Waals surface area contributed by atoms with Crippen molar-refractivity contribution in [3.8, 4) is 22.8 Å². The minimum Gasteiger partial charge on any atom is -0.504 e. The van der Waals surface area contributed by atoms with Gasteiger partial charge in [0, 0.05) is 5.56 Å². The van der Waals surface area contributed by atoms with Gasteiger partial charge in [0.25, 0.3) is 0 Å². The molecule has 0 aliphatic rings. The Morgan fingerprint density at radius 3 is 2.50 bits per heavy atom. The average molecular weight is 268 g/mol. The Hall–Kier alpha value is -2.75. The third-order valence-corrected chi connectivity index (χ3v) is 3.16. The lowest BCUT2D eigenvalue weighted by molar-refractivity contribution is 0.404. The van der Waals surface area contributed by atoms with Crippen molar-refractivity contribution in [3.05, 3.63) is 58.4 Å². The van der Waals surface area contributed by atoms with Crippen molar-refractivity contribution in [3.63, 3.8) is 0 Å². The van der Waals surface area contributed by atoms with Gasteiger partial charge in [-0.2, -0.15) is 0 Å². The molecule has 0 saturated carbocycles. The van der Waals surface area contributed by atoms with E-state index in [0.29, 0.717) is 11.1 Å². The number of benzene rings is 2. The highest BCUT2D eigenvalue weighted by atomic mass is 16.4. The number of fused-ring (bicyclic) bond motifs is 1. The van der Waals surface area contributed by atoms with Gasteiger partial charge in [0.15, 0.2) is 11.5 Å². The Labute approximate surface area is 114 Å². The fourth-order valence-corrected chi connectivity index (χ4v) is 2.16. The molecule has 0 saturated heterocycles. The molecule has 100 valence electrons. The van der Waals surface area contributed by atoms with Crippen LogP contribution in [0, 0.1) is 6.92 Å². The largest absolute Gasteiger partial charge is 0.504 e. The molecule has 0 amide bonds. The van der Waals surface area contributed by atoms with Crippen molar-refractivity contribution in [1.82, 2.24) is 0 Å². The lowest BCUT2D eigenvalue weighted by Gasteiger charge is -2.05. The highest BCUT2D eigenvalue weighted by molar-refractivity contribution is 5.87. The van der Waals surface area contributed by atoms with Crippen LogP contribution in [0.25, 0.3) is 22.1 Å². The Morgan fingerprint density at radius 2 is 1.75 bits per heavy atom. The maximum Gasteiger partial charge on any atom is 0.344 e. The van der Waals surface area contributed by atoms with Gasteiger partial charge < -0.3 is 14.6 Å².